The average Bonchev–Trinajstić information content (AvgIpc) is 2.70. The topological polar surface area (TPSA) is 88.4 Å². The summed E-state index contributed by atoms with van der Waals surface area (Å²) in [6.07, 6.45) is 0. The number of sulfone groups is 1. The van der Waals surface area contributed by atoms with Gasteiger partial charge in [0.1, 0.15) is 0 Å². The fourth-order valence-electron chi connectivity index (χ4n) is 2.02. The summed E-state index contributed by atoms with van der Waals surface area (Å²) >= 11 is 0. The van der Waals surface area contributed by atoms with E-state index in [0.29, 0.717) is 19.0 Å². The fraction of sp³-hybridized carbons (Fsp3) is 0.714. The van der Waals surface area contributed by atoms with Crippen LogP contribution in [-0.4, -0.2) is 48.8 Å². The molecule has 23 heavy (non-hydrogen) atoms. The van der Waals surface area contributed by atoms with E-state index in [4.69, 9.17) is 0 Å². The normalized spacial score (nSPS) is 12.0. The highest BCUT2D eigenvalue weighted by molar-refractivity contribution is 14.0. The first kappa shape index (κ1) is 22.2. The summed E-state index contributed by atoms with van der Waals surface area (Å²) in [5, 5.41) is 10.5. The summed E-state index contributed by atoms with van der Waals surface area (Å²) in [4.78, 5) is 4.51. The number of hydrogen-bond donors (Lipinski definition) is 2. The molecule has 134 valence electrons. The van der Waals surface area contributed by atoms with Crippen LogP contribution < -0.4 is 10.6 Å². The second kappa shape index (κ2) is 10.1. The number of nitrogens with one attached hydrogen (secondary N) is 2. The molecule has 1 rings (SSSR count). The predicted molar refractivity (Wildman–Crippen MR) is 105 cm³/mol. The third-order valence-electron chi connectivity index (χ3n) is 3.54. The molecule has 0 radical (unpaired) electrons. The van der Waals surface area contributed by atoms with E-state index < -0.39 is 9.84 Å². The molecule has 0 aromatic carbocycles. The van der Waals surface area contributed by atoms with E-state index in [-0.39, 0.29) is 35.5 Å². The number of hydrogen-bond acceptors (Lipinski definition) is 4. The van der Waals surface area contributed by atoms with Gasteiger partial charge in [0.05, 0.1) is 18.0 Å². The lowest BCUT2D eigenvalue weighted by molar-refractivity contribution is 0.595. The van der Waals surface area contributed by atoms with E-state index in [2.05, 4.69) is 20.7 Å². The molecule has 0 amide bonds. The maximum Gasteiger partial charge on any atom is 0.191 e. The van der Waals surface area contributed by atoms with Crippen molar-refractivity contribution in [2.24, 2.45) is 12.0 Å². The van der Waals surface area contributed by atoms with Gasteiger partial charge in [-0.05, 0) is 20.8 Å². The Bertz CT molecular complexity index is 625. The molecule has 0 saturated carbocycles. The minimum atomic E-state index is -2.97. The Morgan fingerprint density at radius 1 is 1.26 bits per heavy atom. The molecular weight excluding hydrogens is 429 g/mol. The summed E-state index contributed by atoms with van der Waals surface area (Å²) in [6.45, 7) is 9.19. The van der Waals surface area contributed by atoms with Crippen LogP contribution in [0.5, 0.6) is 0 Å². The Labute approximate surface area is 156 Å². The molecule has 0 aliphatic rings. The number of guanidine groups is 1. The zero-order chi connectivity index (χ0) is 16.8. The first-order chi connectivity index (χ1) is 10.3. The van der Waals surface area contributed by atoms with E-state index in [1.165, 1.54) is 0 Å². The van der Waals surface area contributed by atoms with Crippen molar-refractivity contribution in [2.75, 3.05) is 24.6 Å². The van der Waals surface area contributed by atoms with E-state index in [1.807, 2.05) is 32.5 Å². The van der Waals surface area contributed by atoms with Crippen molar-refractivity contribution >= 4 is 39.8 Å². The number of aryl methyl sites for hydroxylation is 2. The third kappa shape index (κ3) is 7.06. The van der Waals surface area contributed by atoms with Gasteiger partial charge in [-0.3, -0.25) is 4.68 Å². The fourth-order valence-corrected chi connectivity index (χ4v) is 2.72. The predicted octanol–water partition coefficient (Wildman–Crippen LogP) is 1.14. The van der Waals surface area contributed by atoms with Crippen molar-refractivity contribution in [3.8, 4) is 0 Å². The molecule has 1 aromatic rings. The second-order valence-electron chi connectivity index (χ2n) is 5.13. The molecular formula is C14H28IN5O2S. The van der Waals surface area contributed by atoms with Gasteiger partial charge in [0.15, 0.2) is 15.8 Å². The molecule has 2 N–H and O–H groups in total. The monoisotopic (exact) mass is 457 g/mol. The molecule has 0 aliphatic heterocycles. The van der Waals surface area contributed by atoms with Gasteiger partial charge in [-0.1, -0.05) is 6.92 Å². The first-order valence-electron chi connectivity index (χ1n) is 7.52. The van der Waals surface area contributed by atoms with Crippen LogP contribution in [0.4, 0.5) is 0 Å². The largest absolute Gasteiger partial charge is 0.357 e. The maximum absolute atomic E-state index is 11.5. The standard InChI is InChI=1S/C14H27N5O2S.HI/c1-6-15-14(16-8-9-22(20,21)7-2)17-10-13-11(3)18-19(5)12(13)4;/h6-10H2,1-5H3,(H2,15,16,17);1H. The first-order valence-corrected chi connectivity index (χ1v) is 9.34. The summed E-state index contributed by atoms with van der Waals surface area (Å²) in [6, 6.07) is 0. The van der Waals surface area contributed by atoms with E-state index in [1.54, 1.807) is 6.92 Å². The van der Waals surface area contributed by atoms with Gasteiger partial charge in [0, 0.05) is 37.1 Å². The molecule has 1 aromatic heterocycles. The zero-order valence-corrected chi connectivity index (χ0v) is 17.7. The Morgan fingerprint density at radius 2 is 1.91 bits per heavy atom. The molecule has 0 unspecified atom stereocenters. The van der Waals surface area contributed by atoms with Crippen LogP contribution in [0.3, 0.4) is 0 Å². The second-order valence-corrected chi connectivity index (χ2v) is 7.60. The van der Waals surface area contributed by atoms with Crippen LogP contribution in [0.2, 0.25) is 0 Å². The minimum Gasteiger partial charge on any atom is -0.357 e. The Balaban J connectivity index is 0.00000484. The highest BCUT2D eigenvalue weighted by Gasteiger charge is 2.10. The Hall–Kier alpha value is -0.840. The molecule has 9 heteroatoms. The highest BCUT2D eigenvalue weighted by atomic mass is 127. The van der Waals surface area contributed by atoms with Crippen molar-refractivity contribution in [3.05, 3.63) is 17.0 Å². The number of nitrogens with zero attached hydrogens (tertiary/aromatic N) is 3. The Morgan fingerprint density at radius 3 is 2.39 bits per heavy atom. The highest BCUT2D eigenvalue weighted by Crippen LogP contribution is 2.12. The SMILES string of the molecule is CCNC(=NCc1c(C)nn(C)c1C)NCCS(=O)(=O)CC.I. The molecule has 0 saturated heterocycles. The third-order valence-corrected chi connectivity index (χ3v) is 5.25. The van der Waals surface area contributed by atoms with Crippen LogP contribution in [0.25, 0.3) is 0 Å². The van der Waals surface area contributed by atoms with Crippen molar-refractivity contribution in [1.29, 1.82) is 0 Å². The molecule has 7 nitrogen and oxygen atoms in total. The molecule has 0 bridgehead atoms. The minimum absolute atomic E-state index is 0. The van der Waals surface area contributed by atoms with Crippen molar-refractivity contribution in [2.45, 2.75) is 34.2 Å². The average molecular weight is 457 g/mol. The lowest BCUT2D eigenvalue weighted by Crippen LogP contribution is -2.39. The van der Waals surface area contributed by atoms with Gasteiger partial charge in [0.25, 0.3) is 0 Å². The van der Waals surface area contributed by atoms with E-state index in [0.717, 1.165) is 23.5 Å². The van der Waals surface area contributed by atoms with Gasteiger partial charge in [-0.15, -0.1) is 24.0 Å². The van der Waals surface area contributed by atoms with Gasteiger partial charge in [-0.2, -0.15) is 5.10 Å². The van der Waals surface area contributed by atoms with Crippen LogP contribution >= 0.6 is 24.0 Å². The molecule has 0 atom stereocenters. The lowest BCUT2D eigenvalue weighted by Gasteiger charge is -2.11. The van der Waals surface area contributed by atoms with Gasteiger partial charge >= 0.3 is 0 Å². The summed E-state index contributed by atoms with van der Waals surface area (Å²) < 4.78 is 24.8. The summed E-state index contributed by atoms with van der Waals surface area (Å²) in [5.41, 5.74) is 3.15. The summed E-state index contributed by atoms with van der Waals surface area (Å²) in [7, 11) is -1.05. The van der Waals surface area contributed by atoms with Crippen molar-refractivity contribution in [1.82, 2.24) is 20.4 Å². The number of halogens is 1. The number of aromatic nitrogens is 2. The summed E-state index contributed by atoms with van der Waals surface area (Å²) in [5.74, 6) is 0.895. The lowest BCUT2D eigenvalue weighted by atomic mass is 10.2. The number of rotatable bonds is 7. The van der Waals surface area contributed by atoms with Crippen molar-refractivity contribution in [3.63, 3.8) is 0 Å². The van der Waals surface area contributed by atoms with E-state index in [9.17, 15) is 8.42 Å². The smallest absolute Gasteiger partial charge is 0.191 e. The van der Waals surface area contributed by atoms with Gasteiger partial charge in [-0.25, -0.2) is 13.4 Å². The quantitative estimate of drug-likeness (QED) is 0.364. The maximum atomic E-state index is 11.5. The van der Waals surface area contributed by atoms with Crippen LogP contribution in [0.1, 0.15) is 30.8 Å². The number of aliphatic imine (C=N–C) groups is 1. The van der Waals surface area contributed by atoms with Gasteiger partial charge < -0.3 is 10.6 Å². The Kier molecular flexibility index (Phi) is 9.74. The van der Waals surface area contributed by atoms with Gasteiger partial charge in [0.2, 0.25) is 0 Å². The van der Waals surface area contributed by atoms with Crippen molar-refractivity contribution < 1.29 is 8.42 Å². The molecule has 0 fully saturated rings. The van der Waals surface area contributed by atoms with Crippen LogP contribution in [0.15, 0.2) is 4.99 Å². The molecule has 1 heterocycles. The van der Waals surface area contributed by atoms with E-state index >= 15 is 0 Å². The van der Waals surface area contributed by atoms with Crippen LogP contribution in [-0.2, 0) is 23.4 Å². The van der Waals surface area contributed by atoms with Crippen LogP contribution in [0, 0.1) is 13.8 Å². The zero-order valence-electron chi connectivity index (χ0n) is 14.5. The molecule has 0 aliphatic carbocycles. The molecule has 0 spiro atoms.